The summed E-state index contributed by atoms with van der Waals surface area (Å²) >= 11 is 6.93. The molecule has 1 aliphatic heterocycles. The van der Waals surface area contributed by atoms with Crippen molar-refractivity contribution < 1.29 is 4.79 Å². The molecule has 6 heteroatoms. The lowest BCUT2D eigenvalue weighted by molar-refractivity contribution is 0.0967. The number of anilines is 1. The van der Waals surface area contributed by atoms with Gasteiger partial charge in [-0.15, -0.1) is 0 Å². The summed E-state index contributed by atoms with van der Waals surface area (Å²) in [4.78, 5) is 18.8. The molecule has 1 heterocycles. The van der Waals surface area contributed by atoms with Gasteiger partial charge >= 0.3 is 0 Å². The summed E-state index contributed by atoms with van der Waals surface area (Å²) in [5, 5.41) is 4.30. The third kappa shape index (κ3) is 4.43. The highest BCUT2D eigenvalue weighted by molar-refractivity contribution is 8.14. The van der Waals surface area contributed by atoms with E-state index in [0.717, 1.165) is 28.7 Å². The standard InChI is InChI=1S/C18H17N3OS2/c22-16(14-7-3-1-4-8-14)13-21-11-12-24-18(21)20-17(23)19-15-9-5-2-6-10-15/h1-10H,11-13H2,(H,19,23). The van der Waals surface area contributed by atoms with Crippen LogP contribution in [0.5, 0.6) is 0 Å². The number of rotatable bonds is 4. The van der Waals surface area contributed by atoms with Gasteiger partial charge in [0.2, 0.25) is 0 Å². The van der Waals surface area contributed by atoms with Crippen LogP contribution in [0.2, 0.25) is 0 Å². The number of carbonyl (C=O) groups is 1. The first kappa shape index (κ1) is 16.7. The summed E-state index contributed by atoms with van der Waals surface area (Å²) in [5.74, 6) is 1.00. The molecule has 0 aromatic heterocycles. The summed E-state index contributed by atoms with van der Waals surface area (Å²) in [7, 11) is 0. The van der Waals surface area contributed by atoms with Gasteiger partial charge in [-0.3, -0.25) is 4.79 Å². The Bertz CT molecular complexity index is 747. The van der Waals surface area contributed by atoms with Crippen LogP contribution < -0.4 is 5.32 Å². The van der Waals surface area contributed by atoms with Crippen molar-refractivity contribution in [2.75, 3.05) is 24.2 Å². The Kier molecular flexibility index (Phi) is 5.61. The number of aliphatic imine (C=N–C) groups is 1. The van der Waals surface area contributed by atoms with Crippen molar-refractivity contribution in [3.05, 3.63) is 66.2 Å². The number of Topliss-reactive ketones (excluding diaryl/α,β-unsaturated/α-hetero) is 1. The zero-order valence-corrected chi connectivity index (χ0v) is 14.6. The number of thiocarbonyl (C=S) groups is 1. The molecule has 0 aliphatic carbocycles. The third-order valence-corrected chi connectivity index (χ3v) is 4.70. The number of benzene rings is 2. The molecule has 0 atom stereocenters. The first-order valence-electron chi connectivity index (χ1n) is 7.63. The first-order chi connectivity index (χ1) is 11.7. The van der Waals surface area contributed by atoms with E-state index in [1.165, 1.54) is 0 Å². The summed E-state index contributed by atoms with van der Waals surface area (Å²) in [5.41, 5.74) is 1.63. The molecular formula is C18H17N3OS2. The highest BCUT2D eigenvalue weighted by Gasteiger charge is 2.22. The van der Waals surface area contributed by atoms with Crippen LogP contribution in [0.15, 0.2) is 65.7 Å². The minimum Gasteiger partial charge on any atom is -0.343 e. The summed E-state index contributed by atoms with van der Waals surface area (Å²) in [6, 6.07) is 19.0. The van der Waals surface area contributed by atoms with E-state index in [1.807, 2.05) is 65.6 Å². The summed E-state index contributed by atoms with van der Waals surface area (Å²) in [6.07, 6.45) is 0. The smallest absolute Gasteiger partial charge is 0.199 e. The molecule has 0 radical (unpaired) electrons. The lowest BCUT2D eigenvalue weighted by atomic mass is 10.1. The molecule has 1 saturated heterocycles. The van der Waals surface area contributed by atoms with Gasteiger partial charge in [-0.2, -0.15) is 4.99 Å². The molecule has 1 N–H and O–H groups in total. The fourth-order valence-corrected chi connectivity index (χ4v) is 3.58. The third-order valence-electron chi connectivity index (χ3n) is 3.52. The Morgan fingerprint density at radius 3 is 2.50 bits per heavy atom. The minimum absolute atomic E-state index is 0.0905. The summed E-state index contributed by atoms with van der Waals surface area (Å²) in [6.45, 7) is 1.12. The van der Waals surface area contributed by atoms with Gasteiger partial charge in [-0.05, 0) is 24.4 Å². The van der Waals surface area contributed by atoms with Crippen molar-refractivity contribution in [1.29, 1.82) is 0 Å². The van der Waals surface area contributed by atoms with Crippen LogP contribution in [-0.2, 0) is 0 Å². The monoisotopic (exact) mass is 355 g/mol. The van der Waals surface area contributed by atoms with Crippen LogP contribution in [0.1, 0.15) is 10.4 Å². The highest BCUT2D eigenvalue weighted by Crippen LogP contribution is 2.19. The normalized spacial score (nSPS) is 15.5. The van der Waals surface area contributed by atoms with Crippen LogP contribution in [0.25, 0.3) is 0 Å². The average molecular weight is 355 g/mol. The number of para-hydroxylation sites is 1. The molecule has 2 aromatic rings. The van der Waals surface area contributed by atoms with Crippen molar-refractivity contribution in [2.45, 2.75) is 0 Å². The maximum Gasteiger partial charge on any atom is 0.199 e. The molecule has 0 spiro atoms. The fourth-order valence-electron chi connectivity index (χ4n) is 2.33. The van der Waals surface area contributed by atoms with Gasteiger partial charge in [0.1, 0.15) is 0 Å². The summed E-state index contributed by atoms with van der Waals surface area (Å²) < 4.78 is 0. The first-order valence-corrected chi connectivity index (χ1v) is 9.02. The van der Waals surface area contributed by atoms with Gasteiger partial charge in [0.05, 0.1) is 6.54 Å². The highest BCUT2D eigenvalue weighted by atomic mass is 32.2. The van der Waals surface area contributed by atoms with Crippen LogP contribution in [0.3, 0.4) is 0 Å². The second kappa shape index (κ2) is 8.08. The molecule has 1 fully saturated rings. The number of carbonyl (C=O) groups excluding carboxylic acids is 1. The molecule has 2 aromatic carbocycles. The second-order valence-electron chi connectivity index (χ2n) is 5.25. The zero-order chi connectivity index (χ0) is 16.8. The van der Waals surface area contributed by atoms with Crippen molar-refractivity contribution >= 4 is 45.7 Å². The van der Waals surface area contributed by atoms with E-state index in [0.29, 0.717) is 11.7 Å². The maximum atomic E-state index is 12.4. The molecule has 0 saturated carbocycles. The molecule has 24 heavy (non-hydrogen) atoms. The molecule has 0 amide bonds. The van der Waals surface area contributed by atoms with Crippen molar-refractivity contribution in [3.63, 3.8) is 0 Å². The van der Waals surface area contributed by atoms with Gasteiger partial charge < -0.3 is 10.2 Å². The largest absolute Gasteiger partial charge is 0.343 e. The average Bonchev–Trinajstić information content (AvgIpc) is 3.03. The van der Waals surface area contributed by atoms with E-state index in [4.69, 9.17) is 12.2 Å². The van der Waals surface area contributed by atoms with E-state index in [9.17, 15) is 4.79 Å². The van der Waals surface area contributed by atoms with Gasteiger partial charge in [-0.1, -0.05) is 60.3 Å². The lowest BCUT2D eigenvalue weighted by Gasteiger charge is -2.17. The van der Waals surface area contributed by atoms with Crippen LogP contribution >= 0.6 is 24.0 Å². The van der Waals surface area contributed by atoms with E-state index in [1.54, 1.807) is 11.8 Å². The Hall–Kier alpha value is -2.18. The number of hydrogen-bond acceptors (Lipinski definition) is 3. The van der Waals surface area contributed by atoms with Gasteiger partial charge in [0.15, 0.2) is 16.1 Å². The van der Waals surface area contributed by atoms with Crippen molar-refractivity contribution in [2.24, 2.45) is 4.99 Å². The van der Waals surface area contributed by atoms with E-state index >= 15 is 0 Å². The van der Waals surface area contributed by atoms with Gasteiger partial charge in [-0.25, -0.2) is 0 Å². The van der Waals surface area contributed by atoms with Crippen LogP contribution in [0.4, 0.5) is 5.69 Å². The molecule has 1 aliphatic rings. The Morgan fingerprint density at radius 2 is 1.79 bits per heavy atom. The Morgan fingerprint density at radius 1 is 1.12 bits per heavy atom. The predicted octanol–water partition coefficient (Wildman–Crippen LogP) is 3.67. The Labute approximate surface area is 151 Å². The zero-order valence-electron chi connectivity index (χ0n) is 13.0. The van der Waals surface area contributed by atoms with Crippen LogP contribution in [-0.4, -0.2) is 39.8 Å². The minimum atomic E-state index is 0.0905. The molecule has 0 bridgehead atoms. The van der Waals surface area contributed by atoms with Gasteiger partial charge in [0.25, 0.3) is 0 Å². The molecule has 4 nitrogen and oxygen atoms in total. The van der Waals surface area contributed by atoms with Crippen molar-refractivity contribution in [1.82, 2.24) is 4.90 Å². The molecule has 122 valence electrons. The quantitative estimate of drug-likeness (QED) is 0.670. The topological polar surface area (TPSA) is 44.7 Å². The number of nitrogens with one attached hydrogen (secondary N) is 1. The second-order valence-corrected chi connectivity index (χ2v) is 6.70. The lowest BCUT2D eigenvalue weighted by Crippen LogP contribution is -2.31. The SMILES string of the molecule is O=C(CN1CCSC1=NC(=S)Nc1ccccc1)c1ccccc1. The number of hydrogen-bond donors (Lipinski definition) is 1. The van der Waals surface area contributed by atoms with Crippen LogP contribution in [0, 0.1) is 0 Å². The van der Waals surface area contributed by atoms with Gasteiger partial charge in [0, 0.05) is 23.5 Å². The Balaban J connectivity index is 1.64. The number of ketones is 1. The maximum absolute atomic E-state index is 12.4. The van der Waals surface area contributed by atoms with E-state index in [-0.39, 0.29) is 5.78 Å². The number of nitrogens with zero attached hydrogens (tertiary/aromatic N) is 2. The predicted molar refractivity (Wildman–Crippen MR) is 105 cm³/mol. The molecular weight excluding hydrogens is 338 g/mol. The van der Waals surface area contributed by atoms with E-state index in [2.05, 4.69) is 10.3 Å². The molecule has 3 rings (SSSR count). The molecule has 0 unspecified atom stereocenters. The number of thioether (sulfide) groups is 1. The van der Waals surface area contributed by atoms with Crippen molar-refractivity contribution in [3.8, 4) is 0 Å². The number of amidine groups is 1. The fraction of sp³-hybridized carbons (Fsp3) is 0.167. The van der Waals surface area contributed by atoms with E-state index < -0.39 is 0 Å².